The molecule has 7 heteroatoms. The lowest BCUT2D eigenvalue weighted by Gasteiger charge is -2.20. The van der Waals surface area contributed by atoms with Crippen molar-refractivity contribution in [1.29, 1.82) is 0 Å². The van der Waals surface area contributed by atoms with Gasteiger partial charge in [-0.1, -0.05) is 6.08 Å². The zero-order valence-corrected chi connectivity index (χ0v) is 12.3. The van der Waals surface area contributed by atoms with Gasteiger partial charge in [0.15, 0.2) is 0 Å². The molecular weight excluding hydrogens is 290 g/mol. The molecule has 6 nitrogen and oxygen atoms in total. The molecule has 3 N–H and O–H groups in total. The SMILES string of the molecule is C=CCN(CCO)S(=O)(=O)c1ccc(N)c2cccnc12. The van der Waals surface area contributed by atoms with Crippen LogP contribution in [0.5, 0.6) is 0 Å². The molecule has 1 aromatic heterocycles. The highest BCUT2D eigenvalue weighted by Crippen LogP contribution is 2.27. The van der Waals surface area contributed by atoms with E-state index in [2.05, 4.69) is 11.6 Å². The maximum absolute atomic E-state index is 12.7. The first-order valence-electron chi connectivity index (χ1n) is 6.37. The molecule has 0 saturated carbocycles. The fourth-order valence-electron chi connectivity index (χ4n) is 2.08. The maximum atomic E-state index is 12.7. The van der Waals surface area contributed by atoms with Gasteiger partial charge in [-0.25, -0.2) is 8.42 Å². The molecular formula is C14H17N3O3S. The summed E-state index contributed by atoms with van der Waals surface area (Å²) in [7, 11) is -3.78. The van der Waals surface area contributed by atoms with Crippen LogP contribution in [-0.2, 0) is 10.0 Å². The number of nitrogens with two attached hydrogens (primary N) is 1. The van der Waals surface area contributed by atoms with E-state index in [1.54, 1.807) is 18.2 Å². The molecule has 0 unspecified atom stereocenters. The lowest BCUT2D eigenvalue weighted by Crippen LogP contribution is -2.34. The summed E-state index contributed by atoms with van der Waals surface area (Å²) in [4.78, 5) is 4.21. The Morgan fingerprint density at radius 3 is 2.81 bits per heavy atom. The van der Waals surface area contributed by atoms with Crippen LogP contribution in [0.4, 0.5) is 5.69 Å². The Morgan fingerprint density at radius 1 is 1.38 bits per heavy atom. The lowest BCUT2D eigenvalue weighted by molar-refractivity contribution is 0.260. The van der Waals surface area contributed by atoms with Crippen molar-refractivity contribution in [3.63, 3.8) is 0 Å². The second-order valence-corrected chi connectivity index (χ2v) is 6.33. The Labute approximate surface area is 123 Å². The number of hydrogen-bond donors (Lipinski definition) is 2. The van der Waals surface area contributed by atoms with E-state index in [9.17, 15) is 8.42 Å². The van der Waals surface area contributed by atoms with Gasteiger partial charge in [0.1, 0.15) is 4.90 Å². The van der Waals surface area contributed by atoms with E-state index in [0.29, 0.717) is 16.6 Å². The number of hydrogen-bond acceptors (Lipinski definition) is 5. The highest BCUT2D eigenvalue weighted by atomic mass is 32.2. The summed E-state index contributed by atoms with van der Waals surface area (Å²) >= 11 is 0. The Balaban J connectivity index is 2.64. The lowest BCUT2D eigenvalue weighted by atomic mass is 10.2. The molecule has 0 bridgehead atoms. The zero-order chi connectivity index (χ0) is 15.5. The molecule has 0 spiro atoms. The summed E-state index contributed by atoms with van der Waals surface area (Å²) in [5, 5.41) is 9.64. The van der Waals surface area contributed by atoms with Crippen LogP contribution in [0, 0.1) is 0 Å². The van der Waals surface area contributed by atoms with Crippen LogP contribution >= 0.6 is 0 Å². The molecule has 0 aliphatic rings. The van der Waals surface area contributed by atoms with Crippen molar-refractivity contribution < 1.29 is 13.5 Å². The number of anilines is 1. The van der Waals surface area contributed by atoms with Gasteiger partial charge in [0, 0.05) is 30.4 Å². The second kappa shape index (κ2) is 6.21. The van der Waals surface area contributed by atoms with E-state index >= 15 is 0 Å². The first kappa shape index (κ1) is 15.4. The quantitative estimate of drug-likeness (QED) is 0.612. The van der Waals surface area contributed by atoms with Gasteiger partial charge >= 0.3 is 0 Å². The van der Waals surface area contributed by atoms with Crippen molar-refractivity contribution in [3.8, 4) is 0 Å². The highest BCUT2D eigenvalue weighted by molar-refractivity contribution is 7.89. The molecule has 0 radical (unpaired) electrons. The van der Waals surface area contributed by atoms with Crippen LogP contribution < -0.4 is 5.73 Å². The number of aliphatic hydroxyl groups is 1. The summed E-state index contributed by atoms with van der Waals surface area (Å²) in [5.74, 6) is 0. The third kappa shape index (κ3) is 2.90. The molecule has 2 aromatic rings. The first-order valence-corrected chi connectivity index (χ1v) is 7.81. The number of aliphatic hydroxyl groups excluding tert-OH is 1. The Hall–Kier alpha value is -1.96. The summed E-state index contributed by atoms with van der Waals surface area (Å²) in [6, 6.07) is 6.40. The van der Waals surface area contributed by atoms with E-state index in [1.165, 1.54) is 18.3 Å². The van der Waals surface area contributed by atoms with Crippen molar-refractivity contribution in [2.75, 3.05) is 25.4 Å². The van der Waals surface area contributed by atoms with Crippen LogP contribution in [-0.4, -0.2) is 42.5 Å². The van der Waals surface area contributed by atoms with E-state index in [1.807, 2.05) is 0 Å². The van der Waals surface area contributed by atoms with Crippen LogP contribution in [0.25, 0.3) is 10.9 Å². The fourth-order valence-corrected chi connectivity index (χ4v) is 3.63. The Bertz CT molecular complexity index is 759. The van der Waals surface area contributed by atoms with Gasteiger partial charge in [-0.3, -0.25) is 4.98 Å². The molecule has 0 amide bonds. The highest BCUT2D eigenvalue weighted by Gasteiger charge is 2.26. The van der Waals surface area contributed by atoms with Gasteiger partial charge in [-0.05, 0) is 24.3 Å². The molecule has 1 aromatic carbocycles. The van der Waals surface area contributed by atoms with Crippen molar-refractivity contribution in [2.24, 2.45) is 0 Å². The normalized spacial score (nSPS) is 11.9. The number of aromatic nitrogens is 1. The van der Waals surface area contributed by atoms with Crippen LogP contribution in [0.3, 0.4) is 0 Å². The predicted octanol–water partition coefficient (Wildman–Crippen LogP) is 0.986. The average molecular weight is 307 g/mol. The molecule has 0 aliphatic carbocycles. The molecule has 2 rings (SSSR count). The molecule has 0 atom stereocenters. The smallest absolute Gasteiger partial charge is 0.245 e. The molecule has 0 fully saturated rings. The maximum Gasteiger partial charge on any atom is 0.245 e. The van der Waals surface area contributed by atoms with Crippen molar-refractivity contribution in [3.05, 3.63) is 43.1 Å². The third-order valence-electron chi connectivity index (χ3n) is 3.07. The van der Waals surface area contributed by atoms with E-state index in [-0.39, 0.29) is 24.6 Å². The van der Waals surface area contributed by atoms with Gasteiger partial charge in [0.25, 0.3) is 0 Å². The number of nitrogens with zero attached hydrogens (tertiary/aromatic N) is 2. The van der Waals surface area contributed by atoms with Crippen molar-refractivity contribution >= 4 is 26.6 Å². The van der Waals surface area contributed by atoms with Gasteiger partial charge in [0.2, 0.25) is 10.0 Å². The first-order chi connectivity index (χ1) is 10.0. The van der Waals surface area contributed by atoms with Gasteiger partial charge in [0.05, 0.1) is 12.1 Å². The number of sulfonamides is 1. The number of nitrogen functional groups attached to an aromatic ring is 1. The largest absolute Gasteiger partial charge is 0.398 e. The van der Waals surface area contributed by atoms with Crippen LogP contribution in [0.2, 0.25) is 0 Å². The van der Waals surface area contributed by atoms with Gasteiger partial charge in [-0.15, -0.1) is 6.58 Å². The van der Waals surface area contributed by atoms with Crippen molar-refractivity contribution in [1.82, 2.24) is 9.29 Å². The van der Waals surface area contributed by atoms with Crippen LogP contribution in [0.15, 0.2) is 48.0 Å². The van der Waals surface area contributed by atoms with E-state index < -0.39 is 10.0 Å². The summed E-state index contributed by atoms with van der Waals surface area (Å²) < 4.78 is 26.6. The fraction of sp³-hybridized carbons (Fsp3) is 0.214. The minimum atomic E-state index is -3.78. The molecule has 21 heavy (non-hydrogen) atoms. The monoisotopic (exact) mass is 307 g/mol. The minimum Gasteiger partial charge on any atom is -0.398 e. The number of rotatable bonds is 6. The van der Waals surface area contributed by atoms with Gasteiger partial charge < -0.3 is 10.8 Å². The minimum absolute atomic E-state index is 0.00689. The predicted molar refractivity (Wildman–Crippen MR) is 82.2 cm³/mol. The standard InChI is InChI=1S/C14H17N3O3S/c1-2-8-17(9-10-18)21(19,20)13-6-5-12(15)11-4-3-7-16-14(11)13/h2-7,18H,1,8-10,15H2. The topological polar surface area (TPSA) is 96.5 Å². The number of pyridine rings is 1. The summed E-state index contributed by atoms with van der Waals surface area (Å²) in [6.45, 7) is 3.38. The summed E-state index contributed by atoms with van der Waals surface area (Å²) in [6.07, 6.45) is 2.99. The Morgan fingerprint density at radius 2 is 2.14 bits per heavy atom. The molecule has 0 aliphatic heterocycles. The van der Waals surface area contributed by atoms with Crippen LogP contribution in [0.1, 0.15) is 0 Å². The molecule has 1 heterocycles. The van der Waals surface area contributed by atoms with E-state index in [0.717, 1.165) is 4.31 Å². The zero-order valence-electron chi connectivity index (χ0n) is 11.4. The third-order valence-corrected chi connectivity index (χ3v) is 4.96. The summed E-state index contributed by atoms with van der Waals surface area (Å²) in [5.41, 5.74) is 6.65. The van der Waals surface area contributed by atoms with E-state index in [4.69, 9.17) is 10.8 Å². The van der Waals surface area contributed by atoms with Crippen molar-refractivity contribution in [2.45, 2.75) is 4.90 Å². The average Bonchev–Trinajstić information content (AvgIpc) is 2.47. The Kier molecular flexibility index (Phi) is 4.56. The second-order valence-electron chi connectivity index (χ2n) is 4.43. The number of benzene rings is 1. The van der Waals surface area contributed by atoms with Gasteiger partial charge in [-0.2, -0.15) is 4.31 Å². The molecule has 112 valence electrons. The molecule has 0 saturated heterocycles. The number of fused-ring (bicyclic) bond motifs is 1.